The van der Waals surface area contributed by atoms with Crippen molar-refractivity contribution in [3.8, 4) is 0 Å². The van der Waals surface area contributed by atoms with Gasteiger partial charge in [0.05, 0.1) is 0 Å². The van der Waals surface area contributed by atoms with Crippen molar-refractivity contribution >= 4 is 5.57 Å². The highest BCUT2D eigenvalue weighted by Gasteiger charge is 2.29. The first-order valence-electron chi connectivity index (χ1n) is 5.63. The SMILES string of the molecule is O[C@@H]1C2=C(C=C[C@@H]1O)CCc1ccccc12. The van der Waals surface area contributed by atoms with Gasteiger partial charge in [-0.15, -0.1) is 0 Å². The third kappa shape index (κ3) is 1.34. The predicted molar refractivity (Wildman–Crippen MR) is 62.8 cm³/mol. The van der Waals surface area contributed by atoms with Crippen molar-refractivity contribution in [3.63, 3.8) is 0 Å². The maximum atomic E-state index is 10.1. The molecule has 0 bridgehead atoms. The van der Waals surface area contributed by atoms with Crippen LogP contribution in [0.2, 0.25) is 0 Å². The Hall–Kier alpha value is -1.38. The predicted octanol–water partition coefficient (Wildman–Crippen LogP) is 1.68. The van der Waals surface area contributed by atoms with Crippen LogP contribution in [0.15, 0.2) is 42.0 Å². The summed E-state index contributed by atoms with van der Waals surface area (Å²) in [5.74, 6) is 0. The molecule has 2 aliphatic carbocycles. The number of fused-ring (bicyclic) bond motifs is 2. The van der Waals surface area contributed by atoms with Gasteiger partial charge in [0.25, 0.3) is 0 Å². The van der Waals surface area contributed by atoms with Crippen LogP contribution in [0.3, 0.4) is 0 Å². The average Bonchev–Trinajstić information content (AvgIpc) is 2.33. The smallest absolute Gasteiger partial charge is 0.109 e. The molecule has 0 aliphatic heterocycles. The van der Waals surface area contributed by atoms with E-state index in [-0.39, 0.29) is 0 Å². The van der Waals surface area contributed by atoms with Gasteiger partial charge in [-0.25, -0.2) is 0 Å². The normalized spacial score (nSPS) is 27.6. The van der Waals surface area contributed by atoms with Crippen LogP contribution in [-0.4, -0.2) is 22.4 Å². The maximum absolute atomic E-state index is 10.1. The molecule has 0 spiro atoms. The van der Waals surface area contributed by atoms with Crippen molar-refractivity contribution in [1.29, 1.82) is 0 Å². The minimum Gasteiger partial charge on any atom is -0.386 e. The third-order valence-electron chi connectivity index (χ3n) is 3.43. The van der Waals surface area contributed by atoms with E-state index < -0.39 is 12.2 Å². The van der Waals surface area contributed by atoms with E-state index in [9.17, 15) is 10.2 Å². The number of allylic oxidation sites excluding steroid dienone is 2. The van der Waals surface area contributed by atoms with E-state index in [0.717, 1.165) is 29.6 Å². The third-order valence-corrected chi connectivity index (χ3v) is 3.43. The fraction of sp³-hybridized carbons (Fsp3) is 0.286. The fourth-order valence-corrected chi connectivity index (χ4v) is 2.59. The first-order chi connectivity index (χ1) is 7.77. The molecule has 1 aromatic carbocycles. The number of hydrogen-bond donors (Lipinski definition) is 2. The second-order valence-electron chi connectivity index (χ2n) is 4.39. The Kier molecular flexibility index (Phi) is 2.20. The van der Waals surface area contributed by atoms with Gasteiger partial charge in [-0.1, -0.05) is 36.4 Å². The van der Waals surface area contributed by atoms with E-state index in [1.807, 2.05) is 24.3 Å². The zero-order valence-corrected chi connectivity index (χ0v) is 8.93. The molecule has 2 heteroatoms. The van der Waals surface area contributed by atoms with Gasteiger partial charge in [0, 0.05) is 0 Å². The Morgan fingerprint density at radius 1 is 1.06 bits per heavy atom. The summed E-state index contributed by atoms with van der Waals surface area (Å²) in [5.41, 5.74) is 4.44. The molecule has 0 saturated carbocycles. The summed E-state index contributed by atoms with van der Waals surface area (Å²) in [4.78, 5) is 0. The quantitative estimate of drug-likeness (QED) is 0.689. The van der Waals surface area contributed by atoms with Crippen LogP contribution in [0, 0.1) is 0 Å². The van der Waals surface area contributed by atoms with Crippen molar-refractivity contribution in [2.75, 3.05) is 0 Å². The molecule has 0 saturated heterocycles. The van der Waals surface area contributed by atoms with Crippen LogP contribution in [0.25, 0.3) is 5.57 Å². The molecule has 2 N–H and O–H groups in total. The molecule has 0 fully saturated rings. The number of rotatable bonds is 0. The minimum atomic E-state index is -0.776. The van der Waals surface area contributed by atoms with Gasteiger partial charge in [0.1, 0.15) is 12.2 Å². The standard InChI is InChI=1S/C14H14O2/c15-12-8-7-10-6-5-9-3-1-2-4-11(9)13(10)14(12)16/h1-4,7-8,12,14-16H,5-6H2/t12-,14-/m0/s1. The summed E-state index contributed by atoms with van der Waals surface area (Å²) < 4.78 is 0. The number of aliphatic hydroxyl groups excluding tert-OH is 2. The Morgan fingerprint density at radius 2 is 1.88 bits per heavy atom. The lowest BCUT2D eigenvalue weighted by molar-refractivity contribution is 0.0850. The van der Waals surface area contributed by atoms with Gasteiger partial charge >= 0.3 is 0 Å². The number of aryl methyl sites for hydroxylation is 1. The lowest BCUT2D eigenvalue weighted by Gasteiger charge is -2.30. The zero-order valence-electron chi connectivity index (χ0n) is 8.93. The van der Waals surface area contributed by atoms with Gasteiger partial charge in [0.15, 0.2) is 0 Å². The van der Waals surface area contributed by atoms with Crippen LogP contribution >= 0.6 is 0 Å². The summed E-state index contributed by atoms with van der Waals surface area (Å²) in [6.07, 6.45) is 4.04. The summed E-state index contributed by atoms with van der Waals surface area (Å²) in [6, 6.07) is 8.12. The fourth-order valence-electron chi connectivity index (χ4n) is 2.59. The van der Waals surface area contributed by atoms with E-state index >= 15 is 0 Å². The van der Waals surface area contributed by atoms with Crippen molar-refractivity contribution < 1.29 is 10.2 Å². The van der Waals surface area contributed by atoms with Crippen LogP contribution < -0.4 is 0 Å². The molecule has 2 atom stereocenters. The van der Waals surface area contributed by atoms with Gasteiger partial charge in [0.2, 0.25) is 0 Å². The van der Waals surface area contributed by atoms with Crippen molar-refractivity contribution in [3.05, 3.63) is 53.1 Å². The molecule has 0 amide bonds. The molecule has 0 radical (unpaired) electrons. The second kappa shape index (κ2) is 3.58. The molecule has 16 heavy (non-hydrogen) atoms. The molecule has 3 rings (SSSR count). The largest absolute Gasteiger partial charge is 0.386 e. The number of hydrogen-bond acceptors (Lipinski definition) is 2. The van der Waals surface area contributed by atoms with Gasteiger partial charge in [-0.05, 0) is 35.1 Å². The van der Waals surface area contributed by atoms with Crippen LogP contribution in [0.4, 0.5) is 0 Å². The number of aliphatic hydroxyl groups is 2. The first kappa shape index (κ1) is 9.82. The van der Waals surface area contributed by atoms with E-state index in [4.69, 9.17) is 0 Å². The minimum absolute atomic E-state index is 0.773. The topological polar surface area (TPSA) is 40.5 Å². The number of benzene rings is 1. The van der Waals surface area contributed by atoms with Gasteiger partial charge in [-0.2, -0.15) is 0 Å². The highest BCUT2D eigenvalue weighted by atomic mass is 16.3. The Balaban J connectivity index is 2.18. The van der Waals surface area contributed by atoms with E-state index in [2.05, 4.69) is 6.07 Å². The van der Waals surface area contributed by atoms with Crippen LogP contribution in [-0.2, 0) is 6.42 Å². The lowest BCUT2D eigenvalue weighted by atomic mass is 9.79. The van der Waals surface area contributed by atoms with Crippen molar-refractivity contribution in [2.24, 2.45) is 0 Å². The van der Waals surface area contributed by atoms with E-state index in [0.29, 0.717) is 0 Å². The molecule has 1 aromatic rings. The van der Waals surface area contributed by atoms with Crippen molar-refractivity contribution in [2.45, 2.75) is 25.0 Å². The molecule has 0 unspecified atom stereocenters. The summed E-state index contributed by atoms with van der Waals surface area (Å²) in [7, 11) is 0. The van der Waals surface area contributed by atoms with Crippen LogP contribution in [0.1, 0.15) is 17.5 Å². The molecule has 82 valence electrons. The monoisotopic (exact) mass is 214 g/mol. The molecular formula is C14H14O2. The average molecular weight is 214 g/mol. The Labute approximate surface area is 94.5 Å². The zero-order chi connectivity index (χ0) is 11.1. The Morgan fingerprint density at radius 3 is 2.75 bits per heavy atom. The molecule has 0 aromatic heterocycles. The highest BCUT2D eigenvalue weighted by Crippen LogP contribution is 2.37. The second-order valence-corrected chi connectivity index (χ2v) is 4.39. The first-order valence-corrected chi connectivity index (χ1v) is 5.63. The summed E-state index contributed by atoms with van der Waals surface area (Å²) >= 11 is 0. The summed E-state index contributed by atoms with van der Waals surface area (Å²) in [5, 5.41) is 19.7. The van der Waals surface area contributed by atoms with Gasteiger partial charge in [-0.3, -0.25) is 0 Å². The molecule has 0 heterocycles. The summed E-state index contributed by atoms with van der Waals surface area (Å²) in [6.45, 7) is 0. The molecule has 2 nitrogen and oxygen atoms in total. The van der Waals surface area contributed by atoms with Crippen molar-refractivity contribution in [1.82, 2.24) is 0 Å². The Bertz CT molecular complexity index is 485. The molecule has 2 aliphatic rings. The lowest BCUT2D eigenvalue weighted by Crippen LogP contribution is -2.30. The van der Waals surface area contributed by atoms with E-state index in [1.54, 1.807) is 6.08 Å². The van der Waals surface area contributed by atoms with Crippen LogP contribution in [0.5, 0.6) is 0 Å². The van der Waals surface area contributed by atoms with E-state index in [1.165, 1.54) is 5.56 Å². The molecular weight excluding hydrogens is 200 g/mol. The van der Waals surface area contributed by atoms with Gasteiger partial charge < -0.3 is 10.2 Å². The maximum Gasteiger partial charge on any atom is 0.109 e. The highest BCUT2D eigenvalue weighted by molar-refractivity contribution is 5.79.